The quantitative estimate of drug-likeness (QED) is 0.553. The first kappa shape index (κ1) is 24.6. The molecule has 2 N–H and O–H groups in total. The summed E-state index contributed by atoms with van der Waals surface area (Å²) >= 11 is 0. The second-order valence-electron chi connectivity index (χ2n) is 6.57. The Bertz CT molecular complexity index is 1100. The first-order valence-corrected chi connectivity index (χ1v) is 10.7. The molecule has 0 saturated heterocycles. The van der Waals surface area contributed by atoms with Crippen molar-refractivity contribution in [1.82, 2.24) is 14.3 Å². The predicted octanol–water partition coefficient (Wildman–Crippen LogP) is 1.87. The number of ether oxygens (including phenoxy) is 2. The monoisotopic (exact) mass is 465 g/mol. The number of alkyl halides is 3. The Balaban J connectivity index is 2.06. The summed E-state index contributed by atoms with van der Waals surface area (Å²) in [5, 5.41) is 0. The van der Waals surface area contributed by atoms with Crippen LogP contribution in [0.2, 0.25) is 0 Å². The van der Waals surface area contributed by atoms with Crippen molar-refractivity contribution in [1.29, 1.82) is 0 Å². The van der Waals surface area contributed by atoms with Crippen LogP contribution in [0.15, 0.2) is 46.1 Å². The highest BCUT2D eigenvalue weighted by Gasteiger charge is 2.29. The number of rotatable bonds is 10. The summed E-state index contributed by atoms with van der Waals surface area (Å²) < 4.78 is 75.8. The number of hydrogen-bond donors (Lipinski definition) is 2. The molecule has 0 aliphatic rings. The highest BCUT2D eigenvalue weighted by atomic mass is 32.2. The zero-order chi connectivity index (χ0) is 23.2. The fourth-order valence-corrected chi connectivity index (χ4v) is 4.02. The van der Waals surface area contributed by atoms with E-state index in [9.17, 15) is 31.2 Å². The van der Waals surface area contributed by atoms with Crippen LogP contribution in [0.5, 0.6) is 5.75 Å². The molecule has 0 bridgehead atoms. The van der Waals surface area contributed by atoms with Crippen molar-refractivity contribution < 1.29 is 31.1 Å². The Hall–Kier alpha value is -2.64. The van der Waals surface area contributed by atoms with E-state index in [1.165, 1.54) is 37.4 Å². The van der Waals surface area contributed by atoms with Gasteiger partial charge in [0.05, 0.1) is 0 Å². The van der Waals surface area contributed by atoms with Gasteiger partial charge in [0.2, 0.25) is 10.0 Å². The van der Waals surface area contributed by atoms with Crippen LogP contribution >= 0.6 is 0 Å². The van der Waals surface area contributed by atoms with Gasteiger partial charge in [-0.25, -0.2) is 17.9 Å². The van der Waals surface area contributed by atoms with Crippen molar-refractivity contribution in [2.45, 2.75) is 44.7 Å². The molecule has 2 rings (SSSR count). The van der Waals surface area contributed by atoms with E-state index in [2.05, 4.69) is 9.46 Å². The fourth-order valence-electron chi connectivity index (χ4n) is 2.57. The van der Waals surface area contributed by atoms with Gasteiger partial charge < -0.3 is 9.47 Å². The minimum atomic E-state index is -4.50. The van der Waals surface area contributed by atoms with Gasteiger partial charge in [0.25, 0.3) is 5.56 Å². The van der Waals surface area contributed by atoms with Gasteiger partial charge >= 0.3 is 11.9 Å². The molecule has 0 aliphatic heterocycles. The highest BCUT2D eigenvalue weighted by molar-refractivity contribution is 7.89. The van der Waals surface area contributed by atoms with Crippen LogP contribution < -0.4 is 20.7 Å². The zero-order valence-corrected chi connectivity index (χ0v) is 17.5. The molecule has 0 spiro atoms. The summed E-state index contributed by atoms with van der Waals surface area (Å²) in [7, 11) is -4.04. The molecule has 31 heavy (non-hydrogen) atoms. The summed E-state index contributed by atoms with van der Waals surface area (Å²) in [6, 6.07) is 5.91. The lowest BCUT2D eigenvalue weighted by Gasteiger charge is -2.21. The molecule has 1 aromatic carbocycles. The third-order valence-corrected chi connectivity index (χ3v) is 5.92. The Kier molecular flexibility index (Phi) is 8.03. The van der Waals surface area contributed by atoms with Gasteiger partial charge in [0, 0.05) is 18.3 Å². The number of H-pyrrole nitrogens is 1. The average molecular weight is 465 g/mol. The number of nitrogens with one attached hydrogen (secondary N) is 2. The molecule has 1 heterocycles. The Morgan fingerprint density at radius 3 is 2.55 bits per heavy atom. The molecule has 13 heteroatoms. The van der Waals surface area contributed by atoms with E-state index in [1.807, 2.05) is 4.98 Å². The van der Waals surface area contributed by atoms with Gasteiger partial charge in [-0.3, -0.25) is 14.3 Å². The normalized spacial score (nSPS) is 14.2. The maximum absolute atomic E-state index is 12.7. The molecule has 172 valence electrons. The molecule has 0 radical (unpaired) electrons. The van der Waals surface area contributed by atoms with Gasteiger partial charge in [-0.15, -0.1) is 0 Å². The van der Waals surface area contributed by atoms with Crippen LogP contribution in [0.25, 0.3) is 0 Å². The van der Waals surface area contributed by atoms with Gasteiger partial charge in [-0.05, 0) is 31.0 Å². The Morgan fingerprint density at radius 2 is 1.94 bits per heavy atom. The van der Waals surface area contributed by atoms with Crippen molar-refractivity contribution in [2.75, 3.05) is 6.61 Å². The van der Waals surface area contributed by atoms with Crippen LogP contribution in [-0.2, 0) is 21.5 Å². The van der Waals surface area contributed by atoms with Crippen molar-refractivity contribution in [3.8, 4) is 5.75 Å². The van der Waals surface area contributed by atoms with Crippen molar-refractivity contribution in [2.24, 2.45) is 0 Å². The van der Waals surface area contributed by atoms with Crippen molar-refractivity contribution >= 4 is 10.0 Å². The summed E-state index contributed by atoms with van der Waals surface area (Å²) in [6.07, 6.45) is -3.28. The Morgan fingerprint density at radius 1 is 1.23 bits per heavy atom. The van der Waals surface area contributed by atoms with Gasteiger partial charge in [-0.1, -0.05) is 19.1 Å². The SMILES string of the molecule is CCC(OCn1ccc(=O)[nH]c1=O)S(=O)(=O)NC(C)c1cccc(OCC(F)(F)F)c1. The number of aromatic nitrogens is 2. The smallest absolute Gasteiger partial charge is 0.422 e. The minimum Gasteiger partial charge on any atom is -0.484 e. The maximum Gasteiger partial charge on any atom is 0.422 e. The molecular formula is C18H22F3N3O6S. The molecule has 0 aliphatic carbocycles. The molecule has 1 aromatic heterocycles. The van der Waals surface area contributed by atoms with E-state index in [4.69, 9.17) is 4.74 Å². The molecule has 2 aromatic rings. The largest absolute Gasteiger partial charge is 0.484 e. The number of aromatic amines is 1. The van der Waals surface area contributed by atoms with Crippen molar-refractivity contribution in [3.63, 3.8) is 0 Å². The topological polar surface area (TPSA) is 119 Å². The average Bonchev–Trinajstić information content (AvgIpc) is 2.67. The molecule has 2 atom stereocenters. The van der Waals surface area contributed by atoms with Gasteiger partial charge in [0.1, 0.15) is 12.5 Å². The molecule has 0 fully saturated rings. The second-order valence-corrected chi connectivity index (χ2v) is 8.43. The summed E-state index contributed by atoms with van der Waals surface area (Å²) in [5.41, 5.74) is -2.29. The molecule has 0 saturated carbocycles. The fraction of sp³-hybridized carbons (Fsp3) is 0.444. The predicted molar refractivity (Wildman–Crippen MR) is 105 cm³/mol. The summed E-state index contributed by atoms with van der Waals surface area (Å²) in [4.78, 5) is 24.8. The van der Waals surface area contributed by atoms with E-state index in [0.717, 1.165) is 10.6 Å². The third-order valence-electron chi connectivity index (χ3n) is 4.08. The van der Waals surface area contributed by atoms with Gasteiger partial charge in [-0.2, -0.15) is 13.2 Å². The van der Waals surface area contributed by atoms with E-state index in [1.54, 1.807) is 6.92 Å². The molecule has 0 amide bonds. The minimum absolute atomic E-state index is 0.0505. The van der Waals surface area contributed by atoms with E-state index >= 15 is 0 Å². The van der Waals surface area contributed by atoms with Gasteiger partial charge in [0.15, 0.2) is 12.0 Å². The zero-order valence-electron chi connectivity index (χ0n) is 16.7. The number of benzene rings is 1. The highest BCUT2D eigenvalue weighted by Crippen LogP contribution is 2.23. The molecule has 2 unspecified atom stereocenters. The van der Waals surface area contributed by atoms with E-state index in [0.29, 0.717) is 5.56 Å². The van der Waals surface area contributed by atoms with Crippen LogP contribution in [-0.4, -0.2) is 36.2 Å². The van der Waals surface area contributed by atoms with Crippen LogP contribution in [0.4, 0.5) is 13.2 Å². The van der Waals surface area contributed by atoms with Crippen LogP contribution in [0, 0.1) is 0 Å². The standard InChI is InChI=1S/C18H22F3N3O6S/c1-3-16(30-11-24-8-7-15(25)22-17(24)26)31(27,28)23-12(2)13-5-4-6-14(9-13)29-10-18(19,20)21/h4-9,12,16,23H,3,10-11H2,1-2H3,(H,22,25,26). The Labute approximate surface area is 175 Å². The lowest BCUT2D eigenvalue weighted by atomic mass is 10.1. The van der Waals surface area contributed by atoms with E-state index in [-0.39, 0.29) is 12.2 Å². The lowest BCUT2D eigenvalue weighted by molar-refractivity contribution is -0.153. The van der Waals surface area contributed by atoms with Crippen molar-refractivity contribution in [3.05, 3.63) is 62.9 Å². The summed E-state index contributed by atoms with van der Waals surface area (Å²) in [5.74, 6) is -0.0541. The van der Waals surface area contributed by atoms with E-state index < -0.39 is 52.3 Å². The number of halogens is 3. The summed E-state index contributed by atoms with van der Waals surface area (Å²) in [6.45, 7) is 1.20. The first-order chi connectivity index (χ1) is 14.4. The maximum atomic E-state index is 12.7. The molecule has 9 nitrogen and oxygen atoms in total. The second kappa shape index (κ2) is 10.1. The number of nitrogens with zero attached hydrogens (tertiary/aromatic N) is 1. The van der Waals surface area contributed by atoms with Crippen LogP contribution in [0.1, 0.15) is 31.9 Å². The number of hydrogen-bond acceptors (Lipinski definition) is 6. The number of sulfonamides is 1. The third kappa shape index (κ3) is 7.52. The lowest BCUT2D eigenvalue weighted by Crippen LogP contribution is -2.38. The molecular weight excluding hydrogens is 443 g/mol. The first-order valence-electron chi connectivity index (χ1n) is 9.13. The van der Waals surface area contributed by atoms with Crippen LogP contribution in [0.3, 0.4) is 0 Å².